The SMILES string of the molecule is Cc1ccc(F)cc1NC(=O)CN1CCN(c2ncccn2)CC1. The van der Waals surface area contributed by atoms with Crippen LogP contribution in [0.15, 0.2) is 36.7 Å². The first kappa shape index (κ1) is 16.3. The molecule has 6 nitrogen and oxygen atoms in total. The van der Waals surface area contributed by atoms with Gasteiger partial charge in [-0.15, -0.1) is 0 Å². The lowest BCUT2D eigenvalue weighted by Gasteiger charge is -2.34. The number of hydrogen-bond donors (Lipinski definition) is 1. The summed E-state index contributed by atoms with van der Waals surface area (Å²) in [5, 5.41) is 2.78. The average molecular weight is 329 g/mol. The van der Waals surface area contributed by atoms with Gasteiger partial charge >= 0.3 is 0 Å². The number of carbonyl (C=O) groups is 1. The monoisotopic (exact) mass is 329 g/mol. The second kappa shape index (κ2) is 7.35. The van der Waals surface area contributed by atoms with Crippen molar-refractivity contribution < 1.29 is 9.18 Å². The van der Waals surface area contributed by atoms with Gasteiger partial charge in [0.15, 0.2) is 0 Å². The molecule has 0 bridgehead atoms. The number of amides is 1. The molecule has 1 aromatic heterocycles. The quantitative estimate of drug-likeness (QED) is 0.925. The van der Waals surface area contributed by atoms with Gasteiger partial charge in [-0.05, 0) is 30.7 Å². The van der Waals surface area contributed by atoms with Gasteiger partial charge in [-0.3, -0.25) is 9.69 Å². The predicted octanol–water partition coefficient (Wildman–Crippen LogP) is 1.68. The lowest BCUT2D eigenvalue weighted by atomic mass is 10.2. The highest BCUT2D eigenvalue weighted by atomic mass is 19.1. The third kappa shape index (κ3) is 4.05. The van der Waals surface area contributed by atoms with Crippen LogP contribution in [0.1, 0.15) is 5.56 Å². The van der Waals surface area contributed by atoms with Gasteiger partial charge in [0, 0.05) is 44.3 Å². The van der Waals surface area contributed by atoms with E-state index in [4.69, 9.17) is 0 Å². The smallest absolute Gasteiger partial charge is 0.238 e. The molecule has 0 saturated carbocycles. The Kier molecular flexibility index (Phi) is 5.00. The van der Waals surface area contributed by atoms with Gasteiger partial charge in [-0.25, -0.2) is 14.4 Å². The van der Waals surface area contributed by atoms with E-state index in [9.17, 15) is 9.18 Å². The number of carbonyl (C=O) groups excluding carboxylic acids is 1. The molecule has 1 amide bonds. The number of rotatable bonds is 4. The fourth-order valence-corrected chi connectivity index (χ4v) is 2.68. The van der Waals surface area contributed by atoms with Gasteiger partial charge in [-0.2, -0.15) is 0 Å². The molecule has 1 aromatic carbocycles. The molecule has 1 aliphatic rings. The van der Waals surface area contributed by atoms with Crippen molar-refractivity contribution >= 4 is 17.5 Å². The minimum atomic E-state index is -0.354. The van der Waals surface area contributed by atoms with Gasteiger partial charge in [0.25, 0.3) is 0 Å². The van der Waals surface area contributed by atoms with Gasteiger partial charge in [0.1, 0.15) is 5.82 Å². The first-order valence-corrected chi connectivity index (χ1v) is 7.92. The van der Waals surface area contributed by atoms with E-state index in [-0.39, 0.29) is 11.7 Å². The largest absolute Gasteiger partial charge is 0.338 e. The number of hydrogen-bond acceptors (Lipinski definition) is 5. The second-order valence-electron chi connectivity index (χ2n) is 5.82. The van der Waals surface area contributed by atoms with Crippen molar-refractivity contribution in [3.05, 3.63) is 48.0 Å². The van der Waals surface area contributed by atoms with Crippen LogP contribution < -0.4 is 10.2 Å². The van der Waals surface area contributed by atoms with Crippen molar-refractivity contribution in [1.82, 2.24) is 14.9 Å². The van der Waals surface area contributed by atoms with Crippen LogP contribution in [0, 0.1) is 12.7 Å². The van der Waals surface area contributed by atoms with Gasteiger partial charge < -0.3 is 10.2 Å². The Morgan fingerprint density at radius 3 is 2.62 bits per heavy atom. The van der Waals surface area contributed by atoms with Crippen LogP contribution in [-0.4, -0.2) is 53.5 Å². The van der Waals surface area contributed by atoms with E-state index < -0.39 is 0 Å². The summed E-state index contributed by atoms with van der Waals surface area (Å²) in [6.45, 7) is 5.20. The first-order chi connectivity index (χ1) is 11.6. The van der Waals surface area contributed by atoms with Crippen LogP contribution in [0.3, 0.4) is 0 Å². The van der Waals surface area contributed by atoms with Crippen molar-refractivity contribution in [2.24, 2.45) is 0 Å². The molecule has 3 rings (SSSR count). The Hall–Kier alpha value is -2.54. The summed E-state index contributed by atoms with van der Waals surface area (Å²) in [6.07, 6.45) is 3.45. The van der Waals surface area contributed by atoms with Crippen molar-refractivity contribution in [1.29, 1.82) is 0 Å². The zero-order chi connectivity index (χ0) is 16.9. The molecule has 1 N–H and O–H groups in total. The topological polar surface area (TPSA) is 61.4 Å². The fraction of sp³-hybridized carbons (Fsp3) is 0.353. The van der Waals surface area contributed by atoms with E-state index in [2.05, 4.69) is 25.1 Å². The summed E-state index contributed by atoms with van der Waals surface area (Å²) in [6, 6.07) is 6.18. The van der Waals surface area contributed by atoms with Crippen LogP contribution in [0.4, 0.5) is 16.0 Å². The maximum atomic E-state index is 13.3. The summed E-state index contributed by atoms with van der Waals surface area (Å²) in [5.74, 6) is 0.234. The van der Waals surface area contributed by atoms with Crippen molar-refractivity contribution in [2.45, 2.75) is 6.92 Å². The standard InChI is InChI=1S/C17H20FN5O/c1-13-3-4-14(18)11-15(13)21-16(24)12-22-7-9-23(10-8-22)17-19-5-2-6-20-17/h2-6,11H,7-10,12H2,1H3,(H,21,24). The van der Waals surface area contributed by atoms with Gasteiger partial charge in [-0.1, -0.05) is 6.07 Å². The van der Waals surface area contributed by atoms with Crippen LogP contribution in [0.25, 0.3) is 0 Å². The zero-order valence-corrected chi connectivity index (χ0v) is 13.6. The van der Waals surface area contributed by atoms with E-state index in [1.807, 2.05) is 6.92 Å². The highest BCUT2D eigenvalue weighted by Gasteiger charge is 2.20. The van der Waals surface area contributed by atoms with Gasteiger partial charge in [0.05, 0.1) is 6.54 Å². The maximum Gasteiger partial charge on any atom is 0.238 e. The number of piperazine rings is 1. The highest BCUT2D eigenvalue weighted by Crippen LogP contribution is 2.16. The van der Waals surface area contributed by atoms with Gasteiger partial charge in [0.2, 0.25) is 11.9 Å². The molecular formula is C17H20FN5O. The summed E-state index contributed by atoms with van der Waals surface area (Å²) in [7, 11) is 0. The number of benzene rings is 1. The third-order valence-corrected chi connectivity index (χ3v) is 4.05. The molecule has 0 radical (unpaired) electrons. The molecule has 24 heavy (non-hydrogen) atoms. The molecule has 1 saturated heterocycles. The number of nitrogens with zero attached hydrogens (tertiary/aromatic N) is 4. The first-order valence-electron chi connectivity index (χ1n) is 7.92. The molecule has 0 aliphatic carbocycles. The summed E-state index contributed by atoms with van der Waals surface area (Å²) in [4.78, 5) is 24.8. The van der Waals surface area contributed by atoms with Crippen LogP contribution in [-0.2, 0) is 4.79 Å². The summed E-state index contributed by atoms with van der Waals surface area (Å²) >= 11 is 0. The Morgan fingerprint density at radius 2 is 1.92 bits per heavy atom. The second-order valence-corrected chi connectivity index (χ2v) is 5.82. The molecule has 2 heterocycles. The molecule has 7 heteroatoms. The Bertz CT molecular complexity index is 701. The Balaban J connectivity index is 1.51. The van der Waals surface area contributed by atoms with Crippen molar-refractivity contribution in [3.63, 3.8) is 0 Å². The highest BCUT2D eigenvalue weighted by molar-refractivity contribution is 5.92. The number of anilines is 2. The third-order valence-electron chi connectivity index (χ3n) is 4.05. The number of halogens is 1. The van der Waals surface area contributed by atoms with Crippen LogP contribution in [0.2, 0.25) is 0 Å². The molecule has 1 fully saturated rings. The molecule has 126 valence electrons. The predicted molar refractivity (Wildman–Crippen MR) is 90.5 cm³/mol. The maximum absolute atomic E-state index is 13.3. The molecular weight excluding hydrogens is 309 g/mol. The lowest BCUT2D eigenvalue weighted by Crippen LogP contribution is -2.49. The number of aromatic nitrogens is 2. The summed E-state index contributed by atoms with van der Waals surface area (Å²) < 4.78 is 13.3. The van der Waals surface area contributed by atoms with Crippen LogP contribution in [0.5, 0.6) is 0 Å². The molecule has 2 aromatic rings. The molecule has 0 atom stereocenters. The van der Waals surface area contributed by atoms with E-state index in [0.717, 1.165) is 37.7 Å². The fourth-order valence-electron chi connectivity index (χ4n) is 2.68. The molecule has 1 aliphatic heterocycles. The van der Waals surface area contributed by atoms with E-state index >= 15 is 0 Å². The molecule has 0 unspecified atom stereocenters. The summed E-state index contributed by atoms with van der Waals surface area (Å²) in [5.41, 5.74) is 1.37. The van der Waals surface area contributed by atoms with Crippen molar-refractivity contribution in [2.75, 3.05) is 42.9 Å². The minimum Gasteiger partial charge on any atom is -0.338 e. The number of nitrogens with one attached hydrogen (secondary N) is 1. The van der Waals surface area contributed by atoms with Crippen molar-refractivity contribution in [3.8, 4) is 0 Å². The lowest BCUT2D eigenvalue weighted by molar-refractivity contribution is -0.117. The Morgan fingerprint density at radius 1 is 1.21 bits per heavy atom. The molecule has 0 spiro atoms. The average Bonchev–Trinajstić information content (AvgIpc) is 2.59. The minimum absolute atomic E-state index is 0.131. The Labute approximate surface area is 140 Å². The van der Waals surface area contributed by atoms with E-state index in [1.54, 1.807) is 24.5 Å². The van der Waals surface area contributed by atoms with Crippen LogP contribution >= 0.6 is 0 Å². The van der Waals surface area contributed by atoms with E-state index in [0.29, 0.717) is 12.2 Å². The van der Waals surface area contributed by atoms with E-state index in [1.165, 1.54) is 12.1 Å². The number of aryl methyl sites for hydroxylation is 1. The normalized spacial score (nSPS) is 15.3. The zero-order valence-electron chi connectivity index (χ0n) is 13.6.